The Kier molecular flexibility index (Phi) is 4.91. The fraction of sp³-hybridized carbons (Fsp3) is 0.250. The third-order valence-corrected chi connectivity index (χ3v) is 3.71. The van der Waals surface area contributed by atoms with Gasteiger partial charge >= 0.3 is 6.18 Å². The number of nitrogens with two attached hydrogens (primary N) is 1. The van der Waals surface area contributed by atoms with Crippen LogP contribution in [0, 0.1) is 0 Å². The molecule has 2 rings (SSSR count). The van der Waals surface area contributed by atoms with E-state index >= 15 is 0 Å². The molecule has 112 valence electrons. The molecule has 0 fully saturated rings. The highest BCUT2D eigenvalue weighted by Crippen LogP contribution is 2.31. The SMILES string of the molecule is NCC(Cc1cccc(C(F)(F)F)c1)c1ccccc1Cl. The highest BCUT2D eigenvalue weighted by Gasteiger charge is 2.30. The van der Waals surface area contributed by atoms with Crippen molar-refractivity contribution >= 4 is 11.6 Å². The van der Waals surface area contributed by atoms with E-state index in [-0.39, 0.29) is 5.92 Å². The topological polar surface area (TPSA) is 26.0 Å². The summed E-state index contributed by atoms with van der Waals surface area (Å²) in [6.07, 6.45) is -3.91. The van der Waals surface area contributed by atoms with E-state index in [1.807, 2.05) is 18.2 Å². The van der Waals surface area contributed by atoms with Crippen LogP contribution in [0.3, 0.4) is 0 Å². The molecule has 0 saturated heterocycles. The van der Waals surface area contributed by atoms with Gasteiger partial charge in [-0.1, -0.05) is 48.0 Å². The van der Waals surface area contributed by atoms with Crippen molar-refractivity contribution in [3.05, 3.63) is 70.2 Å². The second-order valence-electron chi connectivity index (χ2n) is 4.86. The van der Waals surface area contributed by atoms with Crippen molar-refractivity contribution in [2.24, 2.45) is 5.73 Å². The fourth-order valence-electron chi connectivity index (χ4n) is 2.29. The fourth-order valence-corrected chi connectivity index (χ4v) is 2.58. The molecule has 0 spiro atoms. The highest BCUT2D eigenvalue weighted by atomic mass is 35.5. The first kappa shape index (κ1) is 15.9. The summed E-state index contributed by atoms with van der Waals surface area (Å²) in [4.78, 5) is 0. The van der Waals surface area contributed by atoms with Crippen LogP contribution in [-0.4, -0.2) is 6.54 Å². The summed E-state index contributed by atoms with van der Waals surface area (Å²) in [6, 6.07) is 12.6. The van der Waals surface area contributed by atoms with E-state index in [4.69, 9.17) is 17.3 Å². The molecule has 1 unspecified atom stereocenters. The van der Waals surface area contributed by atoms with E-state index in [0.717, 1.165) is 11.6 Å². The van der Waals surface area contributed by atoms with Gasteiger partial charge in [0.25, 0.3) is 0 Å². The Bertz CT molecular complexity index is 610. The molecule has 0 saturated carbocycles. The summed E-state index contributed by atoms with van der Waals surface area (Å²) < 4.78 is 38.2. The number of alkyl halides is 3. The second-order valence-corrected chi connectivity index (χ2v) is 5.26. The van der Waals surface area contributed by atoms with Crippen LogP contribution in [0.15, 0.2) is 48.5 Å². The molecule has 0 aliphatic rings. The van der Waals surface area contributed by atoms with Crippen molar-refractivity contribution in [3.63, 3.8) is 0 Å². The molecule has 0 aliphatic heterocycles. The summed E-state index contributed by atoms with van der Waals surface area (Å²) in [5.41, 5.74) is 6.58. The Morgan fingerprint density at radius 2 is 1.76 bits per heavy atom. The van der Waals surface area contributed by atoms with Gasteiger partial charge < -0.3 is 5.73 Å². The van der Waals surface area contributed by atoms with Crippen molar-refractivity contribution in [1.29, 1.82) is 0 Å². The van der Waals surface area contributed by atoms with Gasteiger partial charge in [0.05, 0.1) is 5.56 Å². The van der Waals surface area contributed by atoms with Crippen molar-refractivity contribution in [2.45, 2.75) is 18.5 Å². The first-order chi connectivity index (χ1) is 9.91. The lowest BCUT2D eigenvalue weighted by molar-refractivity contribution is -0.137. The Morgan fingerprint density at radius 3 is 2.38 bits per heavy atom. The summed E-state index contributed by atoms with van der Waals surface area (Å²) in [7, 11) is 0. The minimum absolute atomic E-state index is 0.109. The number of benzene rings is 2. The lowest BCUT2D eigenvalue weighted by Crippen LogP contribution is -2.16. The van der Waals surface area contributed by atoms with Gasteiger partial charge in [0, 0.05) is 10.9 Å². The average Bonchev–Trinajstić information content (AvgIpc) is 2.45. The van der Waals surface area contributed by atoms with E-state index in [9.17, 15) is 13.2 Å². The van der Waals surface area contributed by atoms with Crippen molar-refractivity contribution in [2.75, 3.05) is 6.54 Å². The third kappa shape index (κ3) is 3.99. The quantitative estimate of drug-likeness (QED) is 0.874. The predicted octanol–water partition coefficient (Wildman–Crippen LogP) is 4.64. The lowest BCUT2D eigenvalue weighted by Gasteiger charge is -2.17. The number of halogens is 4. The Labute approximate surface area is 126 Å². The number of rotatable bonds is 4. The van der Waals surface area contributed by atoms with Crippen LogP contribution in [0.5, 0.6) is 0 Å². The predicted molar refractivity (Wildman–Crippen MR) is 78.4 cm³/mol. The molecule has 1 atom stereocenters. The Hall–Kier alpha value is -1.52. The molecule has 0 heterocycles. The van der Waals surface area contributed by atoms with E-state index in [1.165, 1.54) is 12.1 Å². The lowest BCUT2D eigenvalue weighted by atomic mass is 9.91. The van der Waals surface area contributed by atoms with E-state index in [0.29, 0.717) is 23.6 Å². The average molecular weight is 314 g/mol. The van der Waals surface area contributed by atoms with E-state index in [2.05, 4.69) is 0 Å². The van der Waals surface area contributed by atoms with Crippen molar-refractivity contribution in [3.8, 4) is 0 Å². The molecule has 5 heteroatoms. The first-order valence-corrected chi connectivity index (χ1v) is 6.90. The van der Waals surface area contributed by atoms with Crippen LogP contribution in [-0.2, 0) is 12.6 Å². The van der Waals surface area contributed by atoms with Gasteiger partial charge in [-0.2, -0.15) is 13.2 Å². The maximum Gasteiger partial charge on any atom is 0.416 e. The molecular formula is C16H15ClF3N. The van der Waals surface area contributed by atoms with Crippen LogP contribution in [0.25, 0.3) is 0 Å². The monoisotopic (exact) mass is 313 g/mol. The third-order valence-electron chi connectivity index (χ3n) is 3.37. The number of hydrogen-bond donors (Lipinski definition) is 1. The van der Waals surface area contributed by atoms with Crippen LogP contribution >= 0.6 is 11.6 Å². The van der Waals surface area contributed by atoms with Gasteiger partial charge in [-0.15, -0.1) is 0 Å². The Morgan fingerprint density at radius 1 is 1.05 bits per heavy atom. The molecule has 2 aromatic rings. The summed E-state index contributed by atoms with van der Waals surface area (Å²) in [5, 5.41) is 0.583. The summed E-state index contributed by atoms with van der Waals surface area (Å²) in [5.74, 6) is -0.109. The van der Waals surface area contributed by atoms with E-state index < -0.39 is 11.7 Å². The molecule has 2 N–H and O–H groups in total. The van der Waals surface area contributed by atoms with Crippen LogP contribution < -0.4 is 5.73 Å². The Balaban J connectivity index is 2.26. The van der Waals surface area contributed by atoms with Gasteiger partial charge in [-0.3, -0.25) is 0 Å². The van der Waals surface area contributed by atoms with Crippen LogP contribution in [0.2, 0.25) is 5.02 Å². The van der Waals surface area contributed by atoms with Gasteiger partial charge in [-0.05, 0) is 36.2 Å². The van der Waals surface area contributed by atoms with Gasteiger partial charge in [-0.25, -0.2) is 0 Å². The zero-order valence-corrected chi connectivity index (χ0v) is 12.0. The first-order valence-electron chi connectivity index (χ1n) is 6.52. The second kappa shape index (κ2) is 6.50. The summed E-state index contributed by atoms with van der Waals surface area (Å²) in [6.45, 7) is 0.319. The van der Waals surface area contributed by atoms with Gasteiger partial charge in [0.15, 0.2) is 0 Å². The van der Waals surface area contributed by atoms with Gasteiger partial charge in [0.1, 0.15) is 0 Å². The smallest absolute Gasteiger partial charge is 0.330 e. The number of hydrogen-bond acceptors (Lipinski definition) is 1. The summed E-state index contributed by atoms with van der Waals surface area (Å²) >= 11 is 6.13. The molecule has 0 bridgehead atoms. The van der Waals surface area contributed by atoms with Crippen molar-refractivity contribution < 1.29 is 13.2 Å². The molecule has 0 amide bonds. The maximum absolute atomic E-state index is 12.7. The molecule has 0 aliphatic carbocycles. The highest BCUT2D eigenvalue weighted by molar-refractivity contribution is 6.31. The molecule has 21 heavy (non-hydrogen) atoms. The molecular weight excluding hydrogens is 299 g/mol. The largest absolute Gasteiger partial charge is 0.416 e. The normalized spacial score (nSPS) is 13.2. The minimum Gasteiger partial charge on any atom is -0.330 e. The van der Waals surface area contributed by atoms with Crippen LogP contribution in [0.1, 0.15) is 22.6 Å². The standard InChI is InChI=1S/C16H15ClF3N/c17-15-7-2-1-6-14(15)12(10-21)8-11-4-3-5-13(9-11)16(18,19)20/h1-7,9,12H,8,10,21H2. The van der Waals surface area contributed by atoms with Crippen LogP contribution in [0.4, 0.5) is 13.2 Å². The minimum atomic E-state index is -4.33. The molecule has 2 aromatic carbocycles. The molecule has 0 aromatic heterocycles. The zero-order valence-electron chi connectivity index (χ0n) is 11.2. The van der Waals surface area contributed by atoms with Gasteiger partial charge in [0.2, 0.25) is 0 Å². The molecule has 0 radical (unpaired) electrons. The maximum atomic E-state index is 12.7. The zero-order chi connectivity index (χ0) is 15.5. The van der Waals surface area contributed by atoms with E-state index in [1.54, 1.807) is 12.1 Å². The molecule has 1 nitrogen and oxygen atoms in total. The van der Waals surface area contributed by atoms with Crippen molar-refractivity contribution in [1.82, 2.24) is 0 Å².